The molecule has 1 amide bonds. The maximum Gasteiger partial charge on any atom is 0.254 e. The summed E-state index contributed by atoms with van der Waals surface area (Å²) in [6, 6.07) is 6.08. The summed E-state index contributed by atoms with van der Waals surface area (Å²) in [6.45, 7) is 0. The van der Waals surface area contributed by atoms with Crippen LogP contribution in [0, 0.1) is 5.82 Å². The number of hydrogen-bond acceptors (Lipinski definition) is 3. The highest BCUT2D eigenvalue weighted by Crippen LogP contribution is 2.43. The van der Waals surface area contributed by atoms with E-state index in [1.54, 1.807) is 24.7 Å². The lowest BCUT2D eigenvalue weighted by Gasteiger charge is -2.35. The second-order valence-electron chi connectivity index (χ2n) is 5.60. The highest BCUT2D eigenvalue weighted by Gasteiger charge is 2.43. The van der Waals surface area contributed by atoms with Gasteiger partial charge in [-0.2, -0.15) is 0 Å². The first-order valence-electron chi connectivity index (χ1n) is 7.11. The van der Waals surface area contributed by atoms with Gasteiger partial charge in [-0.3, -0.25) is 4.79 Å². The minimum atomic E-state index is -0.381. The minimum absolute atomic E-state index is 0.0238. The molecule has 1 saturated heterocycles. The smallest absolute Gasteiger partial charge is 0.254 e. The van der Waals surface area contributed by atoms with Crippen molar-refractivity contribution in [2.75, 3.05) is 0 Å². The number of fused-ring (bicyclic) bond motifs is 4. The van der Waals surface area contributed by atoms with Gasteiger partial charge in [-0.25, -0.2) is 14.4 Å². The summed E-state index contributed by atoms with van der Waals surface area (Å²) >= 11 is 0. The van der Waals surface area contributed by atoms with Gasteiger partial charge in [0.1, 0.15) is 12.1 Å². The molecule has 4 nitrogen and oxygen atoms in total. The first-order valence-corrected chi connectivity index (χ1v) is 7.11. The van der Waals surface area contributed by atoms with Gasteiger partial charge in [-0.05, 0) is 31.0 Å². The van der Waals surface area contributed by atoms with E-state index in [-0.39, 0.29) is 23.8 Å². The summed E-state index contributed by atoms with van der Waals surface area (Å²) in [5.41, 5.74) is 2.49. The number of benzene rings is 1. The molecule has 0 saturated carbocycles. The van der Waals surface area contributed by atoms with Crippen LogP contribution in [0.1, 0.15) is 40.5 Å². The number of carbonyl (C=O) groups excluding carboxylic acids is 1. The van der Waals surface area contributed by atoms with Crippen LogP contribution in [0.4, 0.5) is 4.39 Å². The van der Waals surface area contributed by atoms with Gasteiger partial charge in [0.2, 0.25) is 0 Å². The number of rotatable bonds is 1. The van der Waals surface area contributed by atoms with Gasteiger partial charge in [0.15, 0.2) is 0 Å². The predicted molar refractivity (Wildman–Crippen MR) is 74.1 cm³/mol. The molecule has 2 bridgehead atoms. The maximum atomic E-state index is 13.4. The first-order chi connectivity index (χ1) is 10.2. The Bertz CT molecular complexity index is 718. The lowest BCUT2D eigenvalue weighted by Crippen LogP contribution is -2.42. The van der Waals surface area contributed by atoms with E-state index in [1.165, 1.54) is 12.1 Å². The fraction of sp³-hybridized carbons (Fsp3) is 0.312. The third-order valence-corrected chi connectivity index (χ3v) is 4.42. The van der Waals surface area contributed by atoms with Crippen LogP contribution in [0.5, 0.6) is 0 Å². The number of hydrogen-bond donors (Lipinski definition) is 0. The number of amides is 1. The molecule has 0 spiro atoms. The summed E-state index contributed by atoms with van der Waals surface area (Å²) in [4.78, 5) is 23.0. The zero-order valence-corrected chi connectivity index (χ0v) is 11.4. The molecule has 2 atom stereocenters. The van der Waals surface area contributed by atoms with Crippen molar-refractivity contribution in [1.82, 2.24) is 14.9 Å². The average Bonchev–Trinajstić information content (AvgIpc) is 2.81. The summed E-state index contributed by atoms with van der Waals surface area (Å²) in [7, 11) is 0. The van der Waals surface area contributed by atoms with Crippen LogP contribution < -0.4 is 0 Å². The van der Waals surface area contributed by atoms with E-state index in [0.717, 1.165) is 30.5 Å². The normalized spacial score (nSPS) is 23.0. The largest absolute Gasteiger partial charge is 0.328 e. The number of nitrogens with zero attached hydrogens (tertiary/aromatic N) is 3. The Labute approximate surface area is 121 Å². The monoisotopic (exact) mass is 283 g/mol. The van der Waals surface area contributed by atoms with Crippen LogP contribution >= 0.6 is 0 Å². The number of halogens is 1. The van der Waals surface area contributed by atoms with Crippen molar-refractivity contribution in [3.63, 3.8) is 0 Å². The molecule has 1 fully saturated rings. The molecule has 1 aromatic carbocycles. The summed E-state index contributed by atoms with van der Waals surface area (Å²) < 4.78 is 13.4. The van der Waals surface area contributed by atoms with Crippen LogP contribution in [-0.4, -0.2) is 26.8 Å². The Hall–Kier alpha value is -2.30. The van der Waals surface area contributed by atoms with E-state index < -0.39 is 0 Å². The third kappa shape index (κ3) is 1.92. The molecule has 4 rings (SSSR count). The van der Waals surface area contributed by atoms with Crippen LogP contribution in [0.25, 0.3) is 0 Å². The van der Waals surface area contributed by atoms with Crippen molar-refractivity contribution in [3.05, 3.63) is 59.4 Å². The molecule has 3 heterocycles. The lowest BCUT2D eigenvalue weighted by atomic mass is 9.98. The maximum absolute atomic E-state index is 13.4. The first kappa shape index (κ1) is 12.4. The van der Waals surface area contributed by atoms with Crippen LogP contribution in [-0.2, 0) is 6.42 Å². The highest BCUT2D eigenvalue weighted by atomic mass is 19.1. The Morgan fingerprint density at radius 3 is 3.10 bits per heavy atom. The fourth-order valence-corrected chi connectivity index (χ4v) is 3.50. The molecule has 21 heavy (non-hydrogen) atoms. The molecular formula is C16H14FN3O. The van der Waals surface area contributed by atoms with Crippen molar-refractivity contribution < 1.29 is 9.18 Å². The standard InChI is InChI=1S/C16H14FN3O/c17-11-3-1-2-10(6-11)16(21)20-12-4-5-15(20)13-8-18-9-19-14(13)7-12/h1-3,6,8-9,12,15H,4-5,7H2. The second kappa shape index (κ2) is 4.62. The number of carbonyl (C=O) groups is 1. The van der Waals surface area contributed by atoms with Gasteiger partial charge in [0.25, 0.3) is 5.91 Å². The van der Waals surface area contributed by atoms with E-state index in [4.69, 9.17) is 0 Å². The molecule has 0 N–H and O–H groups in total. The molecular weight excluding hydrogens is 269 g/mol. The van der Waals surface area contributed by atoms with Gasteiger partial charge in [0.05, 0.1) is 11.7 Å². The lowest BCUT2D eigenvalue weighted by molar-refractivity contribution is 0.0643. The molecule has 0 aliphatic carbocycles. The topological polar surface area (TPSA) is 46.1 Å². The average molecular weight is 283 g/mol. The van der Waals surface area contributed by atoms with Crippen molar-refractivity contribution >= 4 is 5.91 Å². The SMILES string of the molecule is O=C(c1cccc(F)c1)N1C2CCC1c1cncnc1C2. The third-order valence-electron chi connectivity index (χ3n) is 4.42. The zero-order valence-electron chi connectivity index (χ0n) is 11.4. The van der Waals surface area contributed by atoms with E-state index in [1.807, 2.05) is 4.90 Å². The van der Waals surface area contributed by atoms with Crippen molar-refractivity contribution in [2.45, 2.75) is 31.3 Å². The second-order valence-corrected chi connectivity index (χ2v) is 5.60. The fourth-order valence-electron chi connectivity index (χ4n) is 3.50. The predicted octanol–water partition coefficient (Wildman–Crippen LogP) is 2.52. The summed E-state index contributed by atoms with van der Waals surface area (Å²) in [6.07, 6.45) is 6.01. The Kier molecular flexibility index (Phi) is 2.74. The molecule has 1 aromatic heterocycles. The quantitative estimate of drug-likeness (QED) is 0.808. The van der Waals surface area contributed by atoms with Gasteiger partial charge in [-0.1, -0.05) is 6.07 Å². The highest BCUT2D eigenvalue weighted by molar-refractivity contribution is 5.95. The summed E-state index contributed by atoms with van der Waals surface area (Å²) in [5, 5.41) is 0. The van der Waals surface area contributed by atoms with Crippen LogP contribution in [0.3, 0.4) is 0 Å². The van der Waals surface area contributed by atoms with E-state index >= 15 is 0 Å². The van der Waals surface area contributed by atoms with Gasteiger partial charge in [0, 0.05) is 29.8 Å². The molecule has 2 aromatic rings. The Balaban J connectivity index is 1.73. The van der Waals surface area contributed by atoms with E-state index in [0.29, 0.717) is 5.56 Å². The van der Waals surface area contributed by atoms with Crippen LogP contribution in [0.15, 0.2) is 36.8 Å². The molecule has 2 aliphatic heterocycles. The molecule has 2 unspecified atom stereocenters. The van der Waals surface area contributed by atoms with Gasteiger partial charge >= 0.3 is 0 Å². The zero-order chi connectivity index (χ0) is 14.4. The van der Waals surface area contributed by atoms with E-state index in [9.17, 15) is 9.18 Å². The van der Waals surface area contributed by atoms with Crippen molar-refractivity contribution in [2.24, 2.45) is 0 Å². The van der Waals surface area contributed by atoms with Crippen molar-refractivity contribution in [3.8, 4) is 0 Å². The Morgan fingerprint density at radius 2 is 2.24 bits per heavy atom. The number of aromatic nitrogens is 2. The van der Waals surface area contributed by atoms with Gasteiger partial charge in [-0.15, -0.1) is 0 Å². The van der Waals surface area contributed by atoms with E-state index in [2.05, 4.69) is 9.97 Å². The molecule has 106 valence electrons. The molecule has 5 heteroatoms. The minimum Gasteiger partial charge on any atom is -0.328 e. The molecule has 2 aliphatic rings. The Morgan fingerprint density at radius 1 is 1.33 bits per heavy atom. The molecule has 0 radical (unpaired) electrons. The summed E-state index contributed by atoms with van der Waals surface area (Å²) in [5.74, 6) is -0.481. The van der Waals surface area contributed by atoms with Gasteiger partial charge < -0.3 is 4.90 Å². The van der Waals surface area contributed by atoms with Crippen LogP contribution in [0.2, 0.25) is 0 Å². The van der Waals surface area contributed by atoms with Crippen molar-refractivity contribution in [1.29, 1.82) is 0 Å².